The molecule has 0 unspecified atom stereocenters. The Hall–Kier alpha value is -2.61. The van der Waals surface area contributed by atoms with Gasteiger partial charge in [-0.05, 0) is 12.1 Å². The number of carbonyl (C=O) groups excluding carboxylic acids is 1. The monoisotopic (exact) mass is 336 g/mol. The zero-order valence-electron chi connectivity index (χ0n) is 12.7. The Bertz CT molecular complexity index is 691. The van der Waals surface area contributed by atoms with Gasteiger partial charge < -0.3 is 19.9 Å². The van der Waals surface area contributed by atoms with Crippen LogP contribution in [0.1, 0.15) is 25.9 Å². The second kappa shape index (κ2) is 7.59. The largest absolute Gasteiger partial charge is 0.497 e. The van der Waals surface area contributed by atoms with E-state index in [1.165, 1.54) is 30.9 Å². The van der Waals surface area contributed by atoms with E-state index in [0.29, 0.717) is 35.0 Å². The first-order chi connectivity index (χ1) is 11.0. The fraction of sp³-hybridized carbons (Fsp3) is 0.267. The van der Waals surface area contributed by atoms with Gasteiger partial charge >= 0.3 is 5.97 Å². The molecule has 0 bridgehead atoms. The van der Waals surface area contributed by atoms with Crippen LogP contribution in [0.5, 0.6) is 11.5 Å². The number of rotatable bonds is 7. The normalized spacial score (nSPS) is 10.2. The van der Waals surface area contributed by atoms with Crippen molar-refractivity contribution in [2.24, 2.45) is 0 Å². The van der Waals surface area contributed by atoms with Gasteiger partial charge in [-0.1, -0.05) is 0 Å². The third-order valence-corrected chi connectivity index (χ3v) is 3.92. The van der Waals surface area contributed by atoms with Crippen molar-refractivity contribution in [3.63, 3.8) is 0 Å². The molecule has 7 nitrogen and oxygen atoms in total. The van der Waals surface area contributed by atoms with E-state index in [2.05, 4.69) is 10.3 Å². The Morgan fingerprint density at radius 1 is 1.22 bits per heavy atom. The lowest BCUT2D eigenvalue weighted by Gasteiger charge is -2.08. The molecule has 0 aliphatic rings. The van der Waals surface area contributed by atoms with Crippen LogP contribution in [0.2, 0.25) is 0 Å². The molecule has 0 saturated carbocycles. The van der Waals surface area contributed by atoms with Gasteiger partial charge in [-0.3, -0.25) is 4.79 Å². The van der Waals surface area contributed by atoms with E-state index in [-0.39, 0.29) is 11.6 Å². The van der Waals surface area contributed by atoms with E-state index in [1.807, 2.05) is 0 Å². The number of hydrogen-bond donors (Lipinski definition) is 2. The Kier molecular flexibility index (Phi) is 5.53. The highest BCUT2D eigenvalue weighted by Crippen LogP contribution is 2.22. The standard InChI is InChI=1S/C15H16N2O5S/c1-21-10-5-9(6-11(7-10)22-2)14(18)16-4-3-13-17-12(8-23-13)15(19)20/h5-8H,3-4H2,1-2H3,(H,16,18)(H,19,20). The van der Waals surface area contributed by atoms with Gasteiger partial charge in [0.05, 0.1) is 19.2 Å². The summed E-state index contributed by atoms with van der Waals surface area (Å²) >= 11 is 1.25. The third kappa shape index (κ3) is 4.43. The van der Waals surface area contributed by atoms with Crippen LogP contribution in [0.4, 0.5) is 0 Å². The number of carbonyl (C=O) groups is 2. The van der Waals surface area contributed by atoms with Crippen LogP contribution in [0, 0.1) is 0 Å². The highest BCUT2D eigenvalue weighted by Gasteiger charge is 2.11. The zero-order valence-corrected chi connectivity index (χ0v) is 13.5. The minimum atomic E-state index is -1.06. The molecule has 0 spiro atoms. The van der Waals surface area contributed by atoms with Crippen LogP contribution in [-0.2, 0) is 6.42 Å². The molecule has 0 aliphatic carbocycles. The molecule has 0 radical (unpaired) electrons. The lowest BCUT2D eigenvalue weighted by Crippen LogP contribution is -2.25. The topological polar surface area (TPSA) is 97.8 Å². The molecule has 122 valence electrons. The fourth-order valence-corrected chi connectivity index (χ4v) is 2.62. The zero-order chi connectivity index (χ0) is 16.8. The summed E-state index contributed by atoms with van der Waals surface area (Å²) in [5, 5.41) is 13.7. The second-order valence-electron chi connectivity index (χ2n) is 4.54. The number of methoxy groups -OCH3 is 2. The van der Waals surface area contributed by atoms with Gasteiger partial charge in [-0.15, -0.1) is 11.3 Å². The summed E-state index contributed by atoms with van der Waals surface area (Å²) in [4.78, 5) is 26.9. The van der Waals surface area contributed by atoms with Crippen LogP contribution in [0.15, 0.2) is 23.6 Å². The van der Waals surface area contributed by atoms with Crippen molar-refractivity contribution < 1.29 is 24.2 Å². The highest BCUT2D eigenvalue weighted by molar-refractivity contribution is 7.09. The molecule has 8 heteroatoms. The van der Waals surface area contributed by atoms with Crippen LogP contribution in [0.25, 0.3) is 0 Å². The smallest absolute Gasteiger partial charge is 0.355 e. The average molecular weight is 336 g/mol. The predicted octanol–water partition coefficient (Wildman–Crippen LogP) is 1.83. The van der Waals surface area contributed by atoms with Gasteiger partial charge in [0, 0.05) is 30.0 Å². The molecule has 0 aliphatic heterocycles. The van der Waals surface area contributed by atoms with Gasteiger partial charge in [0.1, 0.15) is 11.5 Å². The van der Waals surface area contributed by atoms with Crippen LogP contribution in [-0.4, -0.2) is 42.7 Å². The molecule has 2 aromatic rings. The lowest BCUT2D eigenvalue weighted by atomic mass is 10.2. The fourth-order valence-electron chi connectivity index (χ4n) is 1.85. The van der Waals surface area contributed by atoms with Gasteiger partial charge in [-0.25, -0.2) is 9.78 Å². The van der Waals surface area contributed by atoms with Crippen LogP contribution < -0.4 is 14.8 Å². The molecule has 1 amide bonds. The van der Waals surface area contributed by atoms with E-state index < -0.39 is 5.97 Å². The molecule has 1 aromatic heterocycles. The lowest BCUT2D eigenvalue weighted by molar-refractivity contribution is 0.0690. The third-order valence-electron chi connectivity index (χ3n) is 3.01. The van der Waals surface area contributed by atoms with Crippen molar-refractivity contribution in [3.8, 4) is 11.5 Å². The minimum Gasteiger partial charge on any atom is -0.497 e. The van der Waals surface area contributed by atoms with Crippen molar-refractivity contribution in [1.82, 2.24) is 10.3 Å². The highest BCUT2D eigenvalue weighted by atomic mass is 32.1. The maximum atomic E-state index is 12.2. The first-order valence-corrected chi connectivity index (χ1v) is 7.60. The van der Waals surface area contributed by atoms with E-state index in [1.54, 1.807) is 18.2 Å². The number of hydrogen-bond acceptors (Lipinski definition) is 6. The summed E-state index contributed by atoms with van der Waals surface area (Å²) in [6, 6.07) is 4.91. The van der Waals surface area contributed by atoms with Crippen LogP contribution in [0.3, 0.4) is 0 Å². The summed E-state index contributed by atoms with van der Waals surface area (Å²) in [5.41, 5.74) is 0.445. The first kappa shape index (κ1) is 16.8. The molecule has 1 aromatic carbocycles. The van der Waals surface area contributed by atoms with Crippen molar-refractivity contribution in [2.45, 2.75) is 6.42 Å². The summed E-state index contributed by atoms with van der Waals surface area (Å²) in [7, 11) is 3.03. The molecule has 23 heavy (non-hydrogen) atoms. The van der Waals surface area contributed by atoms with E-state index >= 15 is 0 Å². The number of aromatic carboxylic acids is 1. The Morgan fingerprint density at radius 2 is 1.87 bits per heavy atom. The SMILES string of the molecule is COc1cc(OC)cc(C(=O)NCCc2nc(C(=O)O)cs2)c1. The van der Waals surface area contributed by atoms with Gasteiger partial charge in [0.2, 0.25) is 0 Å². The van der Waals surface area contributed by atoms with Crippen molar-refractivity contribution >= 4 is 23.2 Å². The predicted molar refractivity (Wildman–Crippen MR) is 84.7 cm³/mol. The Labute approximate surface area is 136 Å². The second-order valence-corrected chi connectivity index (χ2v) is 5.48. The number of thiazole rings is 1. The summed E-state index contributed by atoms with van der Waals surface area (Å²) < 4.78 is 10.2. The van der Waals surface area contributed by atoms with Gasteiger partial charge in [-0.2, -0.15) is 0 Å². The molecule has 2 rings (SSSR count). The number of ether oxygens (including phenoxy) is 2. The van der Waals surface area contributed by atoms with Gasteiger partial charge in [0.15, 0.2) is 5.69 Å². The first-order valence-electron chi connectivity index (χ1n) is 6.72. The number of nitrogens with one attached hydrogen (secondary N) is 1. The van der Waals surface area contributed by atoms with Crippen molar-refractivity contribution in [1.29, 1.82) is 0 Å². The minimum absolute atomic E-state index is 0.0221. The number of aromatic nitrogens is 1. The maximum absolute atomic E-state index is 12.2. The Balaban J connectivity index is 1.95. The van der Waals surface area contributed by atoms with Gasteiger partial charge in [0.25, 0.3) is 5.91 Å². The molecule has 2 N–H and O–H groups in total. The molecule has 0 saturated heterocycles. The van der Waals surface area contributed by atoms with Crippen LogP contribution >= 0.6 is 11.3 Å². The number of carboxylic acid groups (broad SMARTS) is 1. The summed E-state index contributed by atoms with van der Waals surface area (Å²) in [6.07, 6.45) is 0.463. The number of amides is 1. The van der Waals surface area contributed by atoms with E-state index in [0.717, 1.165) is 0 Å². The average Bonchev–Trinajstić information content (AvgIpc) is 3.03. The number of nitrogens with zero attached hydrogens (tertiary/aromatic N) is 1. The number of benzene rings is 1. The molecular weight excluding hydrogens is 320 g/mol. The maximum Gasteiger partial charge on any atom is 0.355 e. The summed E-state index contributed by atoms with van der Waals surface area (Å²) in [5.74, 6) is -0.265. The number of carboxylic acids is 1. The molecule has 0 fully saturated rings. The van der Waals surface area contributed by atoms with E-state index in [9.17, 15) is 9.59 Å². The molecule has 1 heterocycles. The Morgan fingerprint density at radius 3 is 2.39 bits per heavy atom. The van der Waals surface area contributed by atoms with E-state index in [4.69, 9.17) is 14.6 Å². The summed E-state index contributed by atoms with van der Waals surface area (Å²) in [6.45, 7) is 0.352. The van der Waals surface area contributed by atoms with Crippen molar-refractivity contribution in [2.75, 3.05) is 20.8 Å². The van der Waals surface area contributed by atoms with Crippen molar-refractivity contribution in [3.05, 3.63) is 39.8 Å². The quantitative estimate of drug-likeness (QED) is 0.800. The molecule has 0 atom stereocenters. The molecular formula is C15H16N2O5S.